The molecule has 1 unspecified atom stereocenters. The number of ether oxygens (including phenoxy) is 1. The van der Waals surface area contributed by atoms with Crippen molar-refractivity contribution in [1.29, 1.82) is 0 Å². The molecule has 0 saturated heterocycles. The molecular weight excluding hydrogens is 236 g/mol. The summed E-state index contributed by atoms with van der Waals surface area (Å²) in [6.07, 6.45) is 0.569. The number of benzene rings is 1. The van der Waals surface area contributed by atoms with E-state index in [0.717, 1.165) is 0 Å². The van der Waals surface area contributed by atoms with E-state index < -0.39 is 5.91 Å². The van der Waals surface area contributed by atoms with E-state index in [0.29, 0.717) is 19.6 Å². The van der Waals surface area contributed by atoms with Crippen molar-refractivity contribution in [2.75, 3.05) is 20.3 Å². The van der Waals surface area contributed by atoms with Gasteiger partial charge in [-0.1, -0.05) is 0 Å². The number of amides is 1. The molecule has 5 N–H and O–H groups in total. The summed E-state index contributed by atoms with van der Waals surface area (Å²) < 4.78 is 4.97. The first-order valence-electron chi connectivity index (χ1n) is 5.60. The number of rotatable bonds is 6. The van der Waals surface area contributed by atoms with E-state index in [1.807, 2.05) is 0 Å². The first kappa shape index (κ1) is 14.3. The van der Waals surface area contributed by atoms with Gasteiger partial charge in [-0.15, -0.1) is 0 Å². The Morgan fingerprint density at radius 3 is 2.83 bits per heavy atom. The van der Waals surface area contributed by atoms with Crippen LogP contribution in [0.5, 0.6) is 11.5 Å². The zero-order valence-corrected chi connectivity index (χ0v) is 10.2. The lowest BCUT2D eigenvalue weighted by molar-refractivity contribution is 0.0890. The van der Waals surface area contributed by atoms with Crippen molar-refractivity contribution < 1.29 is 19.7 Å². The van der Waals surface area contributed by atoms with E-state index in [4.69, 9.17) is 10.5 Å². The van der Waals surface area contributed by atoms with Crippen LogP contribution in [0.25, 0.3) is 0 Å². The molecule has 0 aliphatic rings. The van der Waals surface area contributed by atoms with Crippen molar-refractivity contribution in [2.45, 2.75) is 12.5 Å². The number of methoxy groups -OCH3 is 1. The van der Waals surface area contributed by atoms with Crippen molar-refractivity contribution in [1.82, 2.24) is 5.32 Å². The quantitative estimate of drug-likeness (QED) is 0.542. The van der Waals surface area contributed by atoms with Gasteiger partial charge in [0.15, 0.2) is 0 Å². The maximum atomic E-state index is 11.9. The Kier molecular flexibility index (Phi) is 5.41. The van der Waals surface area contributed by atoms with E-state index in [2.05, 4.69) is 5.32 Å². The Morgan fingerprint density at radius 2 is 2.22 bits per heavy atom. The highest BCUT2D eigenvalue weighted by Gasteiger charge is 2.16. The second-order valence-electron chi connectivity index (χ2n) is 3.90. The standard InChI is InChI=1S/C12H18N2O4/c1-18-7-8(4-5-13)14-12(17)10-6-9(15)2-3-11(10)16/h2-3,6,8,15-16H,4-5,7,13H2,1H3,(H,14,17). The summed E-state index contributed by atoms with van der Waals surface area (Å²) >= 11 is 0. The SMILES string of the molecule is COCC(CCN)NC(=O)c1cc(O)ccc1O. The van der Waals surface area contributed by atoms with Crippen LogP contribution in [0.2, 0.25) is 0 Å². The molecule has 1 aromatic rings. The van der Waals surface area contributed by atoms with E-state index in [-0.39, 0.29) is 23.1 Å². The van der Waals surface area contributed by atoms with E-state index in [9.17, 15) is 15.0 Å². The molecule has 1 atom stereocenters. The maximum absolute atomic E-state index is 11.9. The summed E-state index contributed by atoms with van der Waals surface area (Å²) in [6, 6.07) is 3.54. The van der Waals surface area contributed by atoms with Crippen LogP contribution in [0.1, 0.15) is 16.8 Å². The first-order chi connectivity index (χ1) is 8.58. The zero-order chi connectivity index (χ0) is 13.5. The molecule has 0 radical (unpaired) electrons. The Labute approximate surface area is 105 Å². The summed E-state index contributed by atoms with van der Waals surface area (Å²) in [6.45, 7) is 0.753. The van der Waals surface area contributed by atoms with Gasteiger partial charge in [-0.3, -0.25) is 4.79 Å². The van der Waals surface area contributed by atoms with Gasteiger partial charge >= 0.3 is 0 Å². The van der Waals surface area contributed by atoms with Crippen LogP contribution in [0.3, 0.4) is 0 Å². The minimum atomic E-state index is -0.473. The third-order valence-electron chi connectivity index (χ3n) is 2.44. The molecule has 6 heteroatoms. The number of phenols is 2. The highest BCUT2D eigenvalue weighted by atomic mass is 16.5. The topological polar surface area (TPSA) is 105 Å². The Bertz CT molecular complexity index is 403. The molecule has 1 aromatic carbocycles. The molecule has 100 valence electrons. The number of phenolic OH excluding ortho intramolecular Hbond substituents is 2. The summed E-state index contributed by atoms with van der Waals surface area (Å²) in [5.74, 6) is -0.742. The predicted octanol–water partition coefficient (Wildman–Crippen LogP) is 0.191. The zero-order valence-electron chi connectivity index (χ0n) is 10.2. The van der Waals surface area contributed by atoms with Gasteiger partial charge in [0.25, 0.3) is 5.91 Å². The van der Waals surface area contributed by atoms with Crippen LogP contribution >= 0.6 is 0 Å². The van der Waals surface area contributed by atoms with Gasteiger partial charge in [-0.25, -0.2) is 0 Å². The van der Waals surface area contributed by atoms with Crippen molar-refractivity contribution in [3.05, 3.63) is 23.8 Å². The fourth-order valence-electron chi connectivity index (χ4n) is 1.57. The fraction of sp³-hybridized carbons (Fsp3) is 0.417. The lowest BCUT2D eigenvalue weighted by Crippen LogP contribution is -2.39. The molecule has 0 bridgehead atoms. The van der Waals surface area contributed by atoms with E-state index in [1.165, 1.54) is 25.3 Å². The molecule has 0 aromatic heterocycles. The molecule has 0 heterocycles. The first-order valence-corrected chi connectivity index (χ1v) is 5.60. The van der Waals surface area contributed by atoms with Crippen molar-refractivity contribution >= 4 is 5.91 Å². The Morgan fingerprint density at radius 1 is 1.50 bits per heavy atom. The second kappa shape index (κ2) is 6.83. The lowest BCUT2D eigenvalue weighted by atomic mass is 10.1. The highest BCUT2D eigenvalue weighted by molar-refractivity contribution is 5.97. The minimum Gasteiger partial charge on any atom is -0.508 e. The Hall–Kier alpha value is -1.79. The van der Waals surface area contributed by atoms with Gasteiger partial charge in [0, 0.05) is 7.11 Å². The van der Waals surface area contributed by atoms with Gasteiger partial charge in [-0.2, -0.15) is 0 Å². The molecule has 0 spiro atoms. The van der Waals surface area contributed by atoms with Crippen LogP contribution < -0.4 is 11.1 Å². The number of carbonyl (C=O) groups excluding carboxylic acids is 1. The lowest BCUT2D eigenvalue weighted by Gasteiger charge is -2.17. The van der Waals surface area contributed by atoms with Gasteiger partial charge in [0.1, 0.15) is 11.5 Å². The highest BCUT2D eigenvalue weighted by Crippen LogP contribution is 2.21. The molecular formula is C12H18N2O4. The van der Waals surface area contributed by atoms with Crippen LogP contribution in [-0.4, -0.2) is 42.4 Å². The predicted molar refractivity (Wildman–Crippen MR) is 66.6 cm³/mol. The smallest absolute Gasteiger partial charge is 0.255 e. The second-order valence-corrected chi connectivity index (χ2v) is 3.90. The third kappa shape index (κ3) is 3.90. The summed E-state index contributed by atoms with van der Waals surface area (Å²) in [4.78, 5) is 11.9. The van der Waals surface area contributed by atoms with E-state index >= 15 is 0 Å². The van der Waals surface area contributed by atoms with E-state index in [1.54, 1.807) is 0 Å². The molecule has 1 amide bonds. The number of aromatic hydroxyl groups is 2. The molecule has 0 saturated carbocycles. The molecule has 6 nitrogen and oxygen atoms in total. The number of hydrogen-bond donors (Lipinski definition) is 4. The van der Waals surface area contributed by atoms with Gasteiger partial charge in [0.05, 0.1) is 18.2 Å². The minimum absolute atomic E-state index is 0.0214. The van der Waals surface area contributed by atoms with Crippen molar-refractivity contribution in [3.8, 4) is 11.5 Å². The van der Waals surface area contributed by atoms with Crippen molar-refractivity contribution in [2.24, 2.45) is 5.73 Å². The van der Waals surface area contributed by atoms with Gasteiger partial charge in [0.2, 0.25) is 0 Å². The normalized spacial score (nSPS) is 12.1. The summed E-state index contributed by atoms with van der Waals surface area (Å²) in [7, 11) is 1.53. The molecule has 18 heavy (non-hydrogen) atoms. The molecule has 0 fully saturated rings. The third-order valence-corrected chi connectivity index (χ3v) is 2.44. The maximum Gasteiger partial charge on any atom is 0.255 e. The number of nitrogens with one attached hydrogen (secondary N) is 1. The van der Waals surface area contributed by atoms with Gasteiger partial charge < -0.3 is 26.0 Å². The van der Waals surface area contributed by atoms with Crippen LogP contribution in [0, 0.1) is 0 Å². The van der Waals surface area contributed by atoms with Crippen LogP contribution in [-0.2, 0) is 4.74 Å². The number of carbonyl (C=O) groups is 1. The molecule has 1 rings (SSSR count). The molecule has 0 aliphatic carbocycles. The van der Waals surface area contributed by atoms with Crippen LogP contribution in [0.15, 0.2) is 18.2 Å². The number of nitrogens with two attached hydrogens (primary N) is 1. The summed E-state index contributed by atoms with van der Waals surface area (Å²) in [5, 5.41) is 21.5. The van der Waals surface area contributed by atoms with Gasteiger partial charge in [-0.05, 0) is 31.2 Å². The fourth-order valence-corrected chi connectivity index (χ4v) is 1.57. The van der Waals surface area contributed by atoms with Crippen molar-refractivity contribution in [3.63, 3.8) is 0 Å². The average Bonchev–Trinajstić information content (AvgIpc) is 2.33. The Balaban J connectivity index is 2.76. The summed E-state index contributed by atoms with van der Waals surface area (Å²) in [5.41, 5.74) is 5.45. The largest absolute Gasteiger partial charge is 0.508 e. The average molecular weight is 254 g/mol. The molecule has 0 aliphatic heterocycles. The van der Waals surface area contributed by atoms with Crippen LogP contribution in [0.4, 0.5) is 0 Å². The monoisotopic (exact) mass is 254 g/mol. The number of hydrogen-bond acceptors (Lipinski definition) is 5.